The summed E-state index contributed by atoms with van der Waals surface area (Å²) < 4.78 is 23.7. The van der Waals surface area contributed by atoms with Gasteiger partial charge >= 0.3 is 0 Å². The highest BCUT2D eigenvalue weighted by atomic mass is 127. The summed E-state index contributed by atoms with van der Waals surface area (Å²) in [4.78, 5) is 13.8. The van der Waals surface area contributed by atoms with Crippen molar-refractivity contribution in [2.75, 3.05) is 12.4 Å². The zero-order valence-electron chi connectivity index (χ0n) is 18.2. The van der Waals surface area contributed by atoms with Crippen molar-refractivity contribution in [3.63, 3.8) is 0 Å². The Labute approximate surface area is 203 Å². The van der Waals surface area contributed by atoms with Crippen molar-refractivity contribution in [3.8, 4) is 23.0 Å². The normalized spacial score (nSPS) is 11.2. The molecule has 33 heavy (non-hydrogen) atoms. The molecule has 9 heteroatoms. The van der Waals surface area contributed by atoms with Crippen molar-refractivity contribution < 1.29 is 9.13 Å². The first kappa shape index (κ1) is 21.4. The molecule has 3 heterocycles. The third kappa shape index (κ3) is 3.92. The number of pyridine rings is 1. The quantitative estimate of drug-likeness (QED) is 0.286. The number of fused-ring (bicyclic) bond motifs is 1. The van der Waals surface area contributed by atoms with Gasteiger partial charge in [-0.25, -0.2) is 14.4 Å². The molecule has 0 saturated carbocycles. The number of ether oxygens (including phenoxy) is 1. The zero-order chi connectivity index (χ0) is 23.1. The van der Waals surface area contributed by atoms with Crippen molar-refractivity contribution in [3.05, 3.63) is 76.1 Å². The van der Waals surface area contributed by atoms with Crippen molar-refractivity contribution in [1.29, 1.82) is 0 Å². The van der Waals surface area contributed by atoms with E-state index in [9.17, 15) is 4.39 Å². The van der Waals surface area contributed by atoms with E-state index in [1.54, 1.807) is 25.6 Å². The molecule has 3 aromatic heterocycles. The fourth-order valence-corrected chi connectivity index (χ4v) is 4.26. The first-order chi connectivity index (χ1) is 15.9. The van der Waals surface area contributed by atoms with Gasteiger partial charge in [-0.2, -0.15) is 4.98 Å². The van der Waals surface area contributed by atoms with Crippen LogP contribution in [0.1, 0.15) is 5.69 Å². The first-order valence-corrected chi connectivity index (χ1v) is 11.3. The molecule has 0 aliphatic carbocycles. The Morgan fingerprint density at radius 1 is 1.09 bits per heavy atom. The van der Waals surface area contributed by atoms with Gasteiger partial charge in [-0.05, 0) is 72.0 Å². The van der Waals surface area contributed by atoms with Gasteiger partial charge in [0, 0.05) is 22.4 Å². The van der Waals surface area contributed by atoms with Crippen LogP contribution in [0.3, 0.4) is 0 Å². The summed E-state index contributed by atoms with van der Waals surface area (Å²) in [5.41, 5.74) is 5.12. The van der Waals surface area contributed by atoms with Crippen LogP contribution >= 0.6 is 22.6 Å². The summed E-state index contributed by atoms with van der Waals surface area (Å²) in [7, 11) is 3.54. The molecule has 0 bridgehead atoms. The number of para-hydroxylation sites is 1. The fourth-order valence-electron chi connectivity index (χ4n) is 3.75. The van der Waals surface area contributed by atoms with Crippen LogP contribution in [0.4, 0.5) is 15.9 Å². The van der Waals surface area contributed by atoms with Crippen LogP contribution in [0.25, 0.3) is 28.1 Å². The number of anilines is 2. The molecule has 5 rings (SSSR count). The van der Waals surface area contributed by atoms with Crippen LogP contribution in [0.2, 0.25) is 0 Å². The van der Waals surface area contributed by atoms with Crippen LogP contribution in [0, 0.1) is 16.3 Å². The van der Waals surface area contributed by atoms with E-state index in [4.69, 9.17) is 9.72 Å². The number of nitrogens with one attached hydrogen (secondary N) is 1. The van der Waals surface area contributed by atoms with Gasteiger partial charge in [0.25, 0.3) is 0 Å². The van der Waals surface area contributed by atoms with Crippen LogP contribution in [0.15, 0.2) is 61.1 Å². The molecule has 7 nitrogen and oxygen atoms in total. The zero-order valence-corrected chi connectivity index (χ0v) is 20.3. The van der Waals surface area contributed by atoms with Crippen molar-refractivity contribution in [2.45, 2.75) is 6.92 Å². The molecule has 0 aliphatic heterocycles. The number of aryl methyl sites for hydroxylation is 2. The average molecular weight is 554 g/mol. The van der Waals surface area contributed by atoms with E-state index in [1.165, 1.54) is 6.07 Å². The van der Waals surface area contributed by atoms with E-state index < -0.39 is 0 Å². The minimum atomic E-state index is -0.241. The summed E-state index contributed by atoms with van der Waals surface area (Å²) in [5, 5.41) is 3.36. The number of hydrogen-bond donors (Lipinski definition) is 1. The minimum Gasteiger partial charge on any atom is -0.479 e. The Balaban J connectivity index is 1.54. The number of methoxy groups -OCH3 is 1. The third-order valence-corrected chi connectivity index (χ3v) is 6.20. The van der Waals surface area contributed by atoms with Gasteiger partial charge in [0.1, 0.15) is 28.7 Å². The number of benzene rings is 2. The lowest BCUT2D eigenvalue weighted by molar-refractivity contribution is 0.396. The maximum atomic E-state index is 13.8. The second-order valence-electron chi connectivity index (χ2n) is 7.57. The highest BCUT2D eigenvalue weighted by Gasteiger charge is 2.15. The van der Waals surface area contributed by atoms with E-state index in [0.29, 0.717) is 15.3 Å². The molecule has 5 aromatic rings. The lowest BCUT2D eigenvalue weighted by atomic mass is 10.2. The second-order valence-corrected chi connectivity index (χ2v) is 8.73. The van der Waals surface area contributed by atoms with Crippen LogP contribution in [-0.2, 0) is 7.05 Å². The summed E-state index contributed by atoms with van der Waals surface area (Å²) in [6.45, 7) is 1.93. The molecule has 0 aliphatic rings. The Hall–Kier alpha value is -3.47. The Kier molecular flexibility index (Phi) is 5.49. The molecule has 2 aromatic carbocycles. The largest absolute Gasteiger partial charge is 0.479 e. The van der Waals surface area contributed by atoms with Crippen LogP contribution < -0.4 is 10.1 Å². The lowest BCUT2D eigenvalue weighted by Gasteiger charge is -2.11. The van der Waals surface area contributed by atoms with Crippen LogP contribution in [0.5, 0.6) is 5.88 Å². The standard InChI is InChI=1S/C24H20FIN6O/c1-14-12-32(13-27-14)20-9-10-21(29-24(20)33-3)28-18-5-4-6-19-22(18)30-23(31(19)2)15-7-8-16(25)17(26)11-15/h4-13H,1-3H3,(H,28,29). The number of hydrogen-bond acceptors (Lipinski definition) is 5. The molecule has 0 radical (unpaired) electrons. The van der Waals surface area contributed by atoms with Gasteiger partial charge in [0.05, 0.1) is 30.3 Å². The van der Waals surface area contributed by atoms with E-state index in [1.807, 2.05) is 82.2 Å². The Bertz CT molecular complexity index is 1490. The van der Waals surface area contributed by atoms with E-state index in [2.05, 4.69) is 15.3 Å². The van der Waals surface area contributed by atoms with E-state index >= 15 is 0 Å². The predicted molar refractivity (Wildman–Crippen MR) is 135 cm³/mol. The van der Waals surface area contributed by atoms with Gasteiger partial charge in [0.2, 0.25) is 5.88 Å². The van der Waals surface area contributed by atoms with E-state index in [-0.39, 0.29) is 5.82 Å². The fraction of sp³-hybridized carbons (Fsp3) is 0.125. The number of halogens is 2. The monoisotopic (exact) mass is 554 g/mol. The smallest absolute Gasteiger partial charge is 0.240 e. The van der Waals surface area contributed by atoms with Gasteiger partial charge in [-0.15, -0.1) is 0 Å². The molecule has 0 unspecified atom stereocenters. The number of rotatable bonds is 5. The van der Waals surface area contributed by atoms with Gasteiger partial charge in [-0.1, -0.05) is 6.07 Å². The maximum absolute atomic E-state index is 13.8. The second kappa shape index (κ2) is 8.47. The number of imidazole rings is 2. The molecular formula is C24H20FIN6O. The van der Waals surface area contributed by atoms with Gasteiger partial charge in [-0.3, -0.25) is 0 Å². The molecule has 1 N–H and O–H groups in total. The Morgan fingerprint density at radius 2 is 1.94 bits per heavy atom. The summed E-state index contributed by atoms with van der Waals surface area (Å²) in [5.74, 6) is 1.62. The van der Waals surface area contributed by atoms with Crippen LogP contribution in [-0.4, -0.2) is 31.2 Å². The molecule has 0 atom stereocenters. The first-order valence-electron chi connectivity index (χ1n) is 10.2. The molecule has 0 saturated heterocycles. The third-order valence-electron chi connectivity index (χ3n) is 5.38. The topological polar surface area (TPSA) is 69.8 Å². The van der Waals surface area contributed by atoms with Crippen molar-refractivity contribution in [1.82, 2.24) is 24.1 Å². The molecule has 0 fully saturated rings. The maximum Gasteiger partial charge on any atom is 0.240 e. The van der Waals surface area contributed by atoms with Gasteiger partial charge < -0.3 is 19.2 Å². The molecule has 166 valence electrons. The predicted octanol–water partition coefficient (Wildman–Crippen LogP) is 5.63. The van der Waals surface area contributed by atoms with E-state index in [0.717, 1.165) is 39.5 Å². The average Bonchev–Trinajstić information content (AvgIpc) is 3.39. The van der Waals surface area contributed by atoms with Gasteiger partial charge in [0.15, 0.2) is 0 Å². The molecular weight excluding hydrogens is 534 g/mol. The summed E-state index contributed by atoms with van der Waals surface area (Å²) in [6, 6.07) is 14.7. The number of nitrogens with zero attached hydrogens (tertiary/aromatic N) is 5. The lowest BCUT2D eigenvalue weighted by Crippen LogP contribution is -2.01. The van der Waals surface area contributed by atoms with Crippen molar-refractivity contribution >= 4 is 45.1 Å². The SMILES string of the molecule is COc1nc(Nc2cccc3c2nc(-c2ccc(F)c(I)c2)n3C)ccc1-n1cnc(C)c1. The number of aromatic nitrogens is 5. The minimum absolute atomic E-state index is 0.241. The summed E-state index contributed by atoms with van der Waals surface area (Å²) in [6.07, 6.45) is 3.65. The van der Waals surface area contributed by atoms with Crippen molar-refractivity contribution in [2.24, 2.45) is 7.05 Å². The summed E-state index contributed by atoms with van der Waals surface area (Å²) >= 11 is 1.99. The molecule has 0 spiro atoms. The highest BCUT2D eigenvalue weighted by Crippen LogP contribution is 2.32. The Morgan fingerprint density at radius 3 is 2.67 bits per heavy atom. The highest BCUT2D eigenvalue weighted by molar-refractivity contribution is 14.1. The molecule has 0 amide bonds.